The van der Waals surface area contributed by atoms with Crippen molar-refractivity contribution >= 4 is 11.0 Å². The van der Waals surface area contributed by atoms with Crippen LogP contribution in [0, 0.1) is 0 Å². The average Bonchev–Trinajstić information content (AvgIpc) is 1.88. The molecule has 10 heavy (non-hydrogen) atoms. The summed E-state index contributed by atoms with van der Waals surface area (Å²) in [6.45, 7) is 1.48. The van der Waals surface area contributed by atoms with Crippen molar-refractivity contribution in [1.82, 2.24) is 5.06 Å². The summed E-state index contributed by atoms with van der Waals surface area (Å²) >= 11 is 0. The lowest BCUT2D eigenvalue weighted by molar-refractivity contribution is -0.0608. The Labute approximate surface area is 61.9 Å². The molecular weight excluding hydrogens is 154 g/mol. The summed E-state index contributed by atoms with van der Waals surface area (Å²) in [6.07, 6.45) is 3.24. The SMILES string of the molecule is O=[SH](=O)ON1CCCCC1. The highest BCUT2D eigenvalue weighted by Crippen LogP contribution is 2.08. The van der Waals surface area contributed by atoms with Crippen LogP contribution in [0.15, 0.2) is 0 Å². The molecule has 0 aliphatic carbocycles. The van der Waals surface area contributed by atoms with Gasteiger partial charge in [-0.25, -0.2) is 8.42 Å². The molecule has 4 nitrogen and oxygen atoms in total. The highest BCUT2D eigenvalue weighted by Gasteiger charge is 2.10. The van der Waals surface area contributed by atoms with Gasteiger partial charge < -0.3 is 0 Å². The predicted molar refractivity (Wildman–Crippen MR) is 36.8 cm³/mol. The van der Waals surface area contributed by atoms with Crippen LogP contribution in [-0.4, -0.2) is 26.6 Å². The summed E-state index contributed by atoms with van der Waals surface area (Å²) in [6, 6.07) is 0. The Morgan fingerprint density at radius 2 is 1.70 bits per heavy atom. The van der Waals surface area contributed by atoms with Crippen LogP contribution in [0.3, 0.4) is 0 Å². The fourth-order valence-electron chi connectivity index (χ4n) is 1.04. The van der Waals surface area contributed by atoms with Crippen molar-refractivity contribution in [2.24, 2.45) is 0 Å². The van der Waals surface area contributed by atoms with Gasteiger partial charge in [0, 0.05) is 13.1 Å². The normalized spacial score (nSPS) is 21.7. The van der Waals surface area contributed by atoms with Crippen molar-refractivity contribution < 1.29 is 12.7 Å². The van der Waals surface area contributed by atoms with Crippen LogP contribution in [0.5, 0.6) is 0 Å². The first-order chi connectivity index (χ1) is 4.79. The monoisotopic (exact) mass is 165 g/mol. The zero-order valence-electron chi connectivity index (χ0n) is 5.65. The molecule has 1 fully saturated rings. The van der Waals surface area contributed by atoms with Crippen LogP contribution in [0.4, 0.5) is 0 Å². The lowest BCUT2D eigenvalue weighted by atomic mass is 10.2. The van der Waals surface area contributed by atoms with Gasteiger partial charge in [0.1, 0.15) is 0 Å². The minimum absolute atomic E-state index is 0.739. The molecule has 60 valence electrons. The number of nitrogens with zero attached hydrogens (tertiary/aromatic N) is 1. The third kappa shape index (κ3) is 2.64. The fourth-order valence-corrected chi connectivity index (χ4v) is 1.39. The molecule has 0 saturated carbocycles. The lowest BCUT2D eigenvalue weighted by Crippen LogP contribution is -2.29. The zero-order valence-corrected chi connectivity index (χ0v) is 6.55. The smallest absolute Gasteiger partial charge is 0.201 e. The van der Waals surface area contributed by atoms with Crippen molar-refractivity contribution in [3.05, 3.63) is 0 Å². The van der Waals surface area contributed by atoms with Gasteiger partial charge in [-0.2, -0.15) is 9.35 Å². The standard InChI is InChI=1S/C5H11NO3S/c7-10(8)9-6-4-2-1-3-5-6/h10H,1-5H2. The Bertz CT molecular complexity index is 154. The molecular formula is C5H11NO3S. The third-order valence-corrected chi connectivity index (χ3v) is 1.86. The highest BCUT2D eigenvalue weighted by atomic mass is 32.2. The zero-order chi connectivity index (χ0) is 7.40. The maximum absolute atomic E-state index is 10.0. The van der Waals surface area contributed by atoms with Gasteiger partial charge in [0.2, 0.25) is 0 Å². The molecule has 1 aliphatic heterocycles. The first-order valence-electron chi connectivity index (χ1n) is 3.36. The minimum atomic E-state index is -2.70. The maximum atomic E-state index is 10.0. The molecule has 0 bridgehead atoms. The van der Waals surface area contributed by atoms with Crippen LogP contribution >= 0.6 is 0 Å². The quantitative estimate of drug-likeness (QED) is 0.582. The van der Waals surface area contributed by atoms with E-state index < -0.39 is 11.0 Å². The third-order valence-electron chi connectivity index (χ3n) is 1.50. The molecule has 1 heterocycles. The molecule has 0 spiro atoms. The van der Waals surface area contributed by atoms with E-state index in [1.54, 1.807) is 0 Å². The number of rotatable bonds is 2. The second kappa shape index (κ2) is 3.90. The maximum Gasteiger partial charge on any atom is 0.273 e. The Kier molecular flexibility index (Phi) is 3.11. The van der Waals surface area contributed by atoms with E-state index in [0.717, 1.165) is 25.9 Å². The summed E-state index contributed by atoms with van der Waals surface area (Å²) in [5.74, 6) is 0. The van der Waals surface area contributed by atoms with E-state index >= 15 is 0 Å². The molecule has 5 heteroatoms. The second-order valence-corrected chi connectivity index (χ2v) is 2.91. The van der Waals surface area contributed by atoms with E-state index in [2.05, 4.69) is 4.28 Å². The van der Waals surface area contributed by atoms with Gasteiger partial charge in [0.25, 0.3) is 11.0 Å². The van der Waals surface area contributed by atoms with Gasteiger partial charge in [0.05, 0.1) is 0 Å². The fraction of sp³-hybridized carbons (Fsp3) is 1.00. The van der Waals surface area contributed by atoms with Gasteiger partial charge in [0.15, 0.2) is 0 Å². The Morgan fingerprint density at radius 3 is 2.20 bits per heavy atom. The Balaban J connectivity index is 2.26. The number of hydrogen-bond acceptors (Lipinski definition) is 4. The van der Waals surface area contributed by atoms with Gasteiger partial charge in [-0.15, -0.1) is 0 Å². The Morgan fingerprint density at radius 1 is 1.10 bits per heavy atom. The minimum Gasteiger partial charge on any atom is -0.201 e. The van der Waals surface area contributed by atoms with Gasteiger partial charge in [-0.3, -0.25) is 0 Å². The molecule has 0 amide bonds. The largest absolute Gasteiger partial charge is 0.273 e. The number of hydrogen-bond donors (Lipinski definition) is 1. The summed E-state index contributed by atoms with van der Waals surface area (Å²) in [7, 11) is -2.70. The molecule has 0 aromatic rings. The van der Waals surface area contributed by atoms with Gasteiger partial charge in [-0.05, 0) is 12.8 Å². The van der Waals surface area contributed by atoms with E-state index in [-0.39, 0.29) is 0 Å². The van der Waals surface area contributed by atoms with Gasteiger partial charge >= 0.3 is 0 Å². The van der Waals surface area contributed by atoms with Crippen LogP contribution in [0.2, 0.25) is 0 Å². The molecule has 0 radical (unpaired) electrons. The van der Waals surface area contributed by atoms with Crippen LogP contribution in [0.25, 0.3) is 0 Å². The molecule has 0 atom stereocenters. The van der Waals surface area contributed by atoms with Crippen molar-refractivity contribution in [3.8, 4) is 0 Å². The van der Waals surface area contributed by atoms with Crippen molar-refractivity contribution in [2.45, 2.75) is 19.3 Å². The summed E-state index contributed by atoms with van der Waals surface area (Å²) in [5.41, 5.74) is 0. The van der Waals surface area contributed by atoms with Crippen molar-refractivity contribution in [2.75, 3.05) is 13.1 Å². The van der Waals surface area contributed by atoms with Gasteiger partial charge in [-0.1, -0.05) is 6.42 Å². The average molecular weight is 165 g/mol. The van der Waals surface area contributed by atoms with E-state index in [0.29, 0.717) is 0 Å². The number of hydroxylamine groups is 2. The first kappa shape index (κ1) is 7.97. The molecule has 0 N–H and O–H groups in total. The van der Waals surface area contributed by atoms with E-state index in [4.69, 9.17) is 0 Å². The highest BCUT2D eigenvalue weighted by molar-refractivity contribution is 7.67. The molecule has 0 aromatic carbocycles. The number of piperidine rings is 1. The van der Waals surface area contributed by atoms with Crippen LogP contribution in [-0.2, 0) is 15.3 Å². The first-order valence-corrected chi connectivity index (χ1v) is 4.46. The molecule has 0 unspecified atom stereocenters. The molecule has 0 aromatic heterocycles. The molecule has 1 rings (SSSR count). The van der Waals surface area contributed by atoms with Crippen molar-refractivity contribution in [1.29, 1.82) is 0 Å². The van der Waals surface area contributed by atoms with E-state index in [1.165, 1.54) is 11.5 Å². The Hall–Kier alpha value is -0.130. The second-order valence-electron chi connectivity index (χ2n) is 2.29. The molecule has 1 saturated heterocycles. The van der Waals surface area contributed by atoms with E-state index in [1.807, 2.05) is 0 Å². The van der Waals surface area contributed by atoms with E-state index in [9.17, 15) is 8.42 Å². The van der Waals surface area contributed by atoms with Crippen LogP contribution < -0.4 is 0 Å². The summed E-state index contributed by atoms with van der Waals surface area (Å²) in [5, 5.41) is 1.50. The summed E-state index contributed by atoms with van der Waals surface area (Å²) < 4.78 is 24.6. The summed E-state index contributed by atoms with van der Waals surface area (Å²) in [4.78, 5) is 0. The topological polar surface area (TPSA) is 46.6 Å². The van der Waals surface area contributed by atoms with Crippen molar-refractivity contribution in [3.63, 3.8) is 0 Å². The molecule has 1 aliphatic rings. The van der Waals surface area contributed by atoms with Crippen LogP contribution in [0.1, 0.15) is 19.3 Å². The predicted octanol–water partition coefficient (Wildman–Crippen LogP) is -0.0697. The number of thiol groups is 1. The lowest BCUT2D eigenvalue weighted by Gasteiger charge is -2.21.